The molecule has 2 N–H and O–H groups in total. The monoisotopic (exact) mass is 262 g/mol. The van der Waals surface area contributed by atoms with Crippen LogP contribution in [0.15, 0.2) is 18.2 Å². The lowest BCUT2D eigenvalue weighted by molar-refractivity contribution is -0.196. The topological polar surface area (TPSA) is 57.5 Å². The number of hydrogen-bond donors (Lipinski definition) is 2. The van der Waals surface area contributed by atoms with Crippen molar-refractivity contribution in [3.05, 3.63) is 35.1 Å². The Labute approximate surface area is 102 Å². The third kappa shape index (κ3) is 2.26. The van der Waals surface area contributed by atoms with Crippen LogP contribution in [-0.4, -0.2) is 28.2 Å². The number of alkyl halides is 2. The Kier molecular flexibility index (Phi) is 3.83. The lowest BCUT2D eigenvalue weighted by atomic mass is 9.90. The van der Waals surface area contributed by atoms with E-state index in [2.05, 4.69) is 0 Å². The van der Waals surface area contributed by atoms with Crippen LogP contribution in [0.4, 0.5) is 13.2 Å². The van der Waals surface area contributed by atoms with Crippen molar-refractivity contribution in [3.8, 4) is 0 Å². The molecule has 0 unspecified atom stereocenters. The molecule has 100 valence electrons. The molecule has 0 radical (unpaired) electrons. The Bertz CT molecular complexity index is 470. The van der Waals surface area contributed by atoms with Gasteiger partial charge in [-0.3, -0.25) is 4.79 Å². The van der Waals surface area contributed by atoms with Gasteiger partial charge in [-0.1, -0.05) is 6.07 Å². The summed E-state index contributed by atoms with van der Waals surface area (Å²) in [6.07, 6.45) is 0. The normalized spacial score (nSPS) is 15.3. The van der Waals surface area contributed by atoms with Crippen LogP contribution in [-0.2, 0) is 5.92 Å². The van der Waals surface area contributed by atoms with E-state index in [9.17, 15) is 23.1 Å². The van der Waals surface area contributed by atoms with Crippen molar-refractivity contribution in [2.45, 2.75) is 25.4 Å². The van der Waals surface area contributed by atoms with E-state index in [0.29, 0.717) is 6.92 Å². The lowest BCUT2D eigenvalue weighted by Crippen LogP contribution is -2.47. The number of rotatable bonds is 4. The zero-order valence-corrected chi connectivity index (χ0v) is 9.88. The van der Waals surface area contributed by atoms with Crippen molar-refractivity contribution in [3.63, 3.8) is 0 Å². The molecule has 0 fully saturated rings. The van der Waals surface area contributed by atoms with E-state index in [0.717, 1.165) is 25.1 Å². The molecule has 0 aromatic heterocycles. The number of Topliss-reactive ketones (excluding diaryl/α,β-unsaturated/α-hetero) is 1. The standard InChI is InChI=1S/C12H13F3O3/c1-7(17)8-4-3-5-9(10(8)13)12(14,15)11(2,18)6-16/h3-5,16,18H,6H2,1-2H3/t11-/m1/s1. The van der Waals surface area contributed by atoms with Gasteiger partial charge >= 0.3 is 5.92 Å². The van der Waals surface area contributed by atoms with Gasteiger partial charge in [-0.15, -0.1) is 0 Å². The average molecular weight is 262 g/mol. The molecule has 6 heteroatoms. The predicted octanol–water partition coefficient (Wildman–Crippen LogP) is 1.86. The molecule has 0 bridgehead atoms. The highest BCUT2D eigenvalue weighted by Gasteiger charge is 2.52. The summed E-state index contributed by atoms with van der Waals surface area (Å²) in [4.78, 5) is 11.1. The van der Waals surface area contributed by atoms with Crippen LogP contribution in [0, 0.1) is 5.82 Å². The van der Waals surface area contributed by atoms with Crippen LogP contribution in [0.3, 0.4) is 0 Å². The molecule has 18 heavy (non-hydrogen) atoms. The number of ketones is 1. The van der Waals surface area contributed by atoms with E-state index < -0.39 is 40.9 Å². The molecule has 0 spiro atoms. The first-order valence-corrected chi connectivity index (χ1v) is 5.16. The van der Waals surface area contributed by atoms with E-state index >= 15 is 0 Å². The molecule has 1 aromatic carbocycles. The highest BCUT2D eigenvalue weighted by molar-refractivity contribution is 5.94. The van der Waals surface area contributed by atoms with E-state index in [1.807, 2.05) is 0 Å². The fourth-order valence-electron chi connectivity index (χ4n) is 1.44. The molecule has 1 aromatic rings. The minimum absolute atomic E-state index is 0.485. The van der Waals surface area contributed by atoms with Gasteiger partial charge in [-0.25, -0.2) is 4.39 Å². The summed E-state index contributed by atoms with van der Waals surface area (Å²) >= 11 is 0. The van der Waals surface area contributed by atoms with Crippen molar-refractivity contribution in [1.82, 2.24) is 0 Å². The first kappa shape index (κ1) is 14.7. The maximum Gasteiger partial charge on any atom is 0.306 e. The number of aliphatic hydroxyl groups excluding tert-OH is 1. The van der Waals surface area contributed by atoms with Crippen LogP contribution in [0.2, 0.25) is 0 Å². The second kappa shape index (κ2) is 4.70. The molecule has 3 nitrogen and oxygen atoms in total. The Hall–Kier alpha value is -1.40. The number of carbonyl (C=O) groups excluding carboxylic acids is 1. The Morgan fingerprint density at radius 2 is 1.94 bits per heavy atom. The summed E-state index contributed by atoms with van der Waals surface area (Å²) in [7, 11) is 0. The third-order valence-electron chi connectivity index (χ3n) is 2.70. The summed E-state index contributed by atoms with van der Waals surface area (Å²) in [5, 5.41) is 18.1. The van der Waals surface area contributed by atoms with Gasteiger partial charge in [0.2, 0.25) is 0 Å². The number of aliphatic hydroxyl groups is 2. The molecule has 1 rings (SSSR count). The van der Waals surface area contributed by atoms with Gasteiger partial charge in [0.15, 0.2) is 11.4 Å². The van der Waals surface area contributed by atoms with Crippen LogP contribution in [0.1, 0.15) is 29.8 Å². The third-order valence-corrected chi connectivity index (χ3v) is 2.70. The number of halogens is 3. The first-order chi connectivity index (χ1) is 8.15. The average Bonchev–Trinajstić information content (AvgIpc) is 2.28. The summed E-state index contributed by atoms with van der Waals surface area (Å²) in [5.41, 5.74) is -4.42. The minimum atomic E-state index is -4.02. The van der Waals surface area contributed by atoms with Crippen LogP contribution >= 0.6 is 0 Å². The minimum Gasteiger partial charge on any atom is -0.393 e. The lowest BCUT2D eigenvalue weighted by Gasteiger charge is -2.31. The van der Waals surface area contributed by atoms with Gasteiger partial charge < -0.3 is 10.2 Å². The molecule has 0 aliphatic rings. The Morgan fingerprint density at radius 3 is 2.39 bits per heavy atom. The summed E-state index contributed by atoms with van der Waals surface area (Å²) in [6.45, 7) is 0.487. The van der Waals surface area contributed by atoms with Crippen molar-refractivity contribution in [1.29, 1.82) is 0 Å². The second-order valence-electron chi connectivity index (χ2n) is 4.23. The summed E-state index contributed by atoms with van der Waals surface area (Å²) < 4.78 is 41.5. The Balaban J connectivity index is 3.43. The SMILES string of the molecule is CC(=O)c1cccc(C(F)(F)[C@](C)(O)CO)c1F. The van der Waals surface area contributed by atoms with Gasteiger partial charge in [0, 0.05) is 0 Å². The second-order valence-corrected chi connectivity index (χ2v) is 4.23. The van der Waals surface area contributed by atoms with Gasteiger partial charge in [0.05, 0.1) is 17.7 Å². The van der Waals surface area contributed by atoms with E-state index in [-0.39, 0.29) is 0 Å². The van der Waals surface area contributed by atoms with Crippen molar-refractivity contribution in [2.75, 3.05) is 6.61 Å². The van der Waals surface area contributed by atoms with Crippen molar-refractivity contribution in [2.24, 2.45) is 0 Å². The molecule has 0 heterocycles. The zero-order valence-electron chi connectivity index (χ0n) is 9.88. The fraction of sp³-hybridized carbons (Fsp3) is 0.417. The smallest absolute Gasteiger partial charge is 0.306 e. The molecule has 0 saturated carbocycles. The molecule has 0 saturated heterocycles. The molecule has 0 aliphatic carbocycles. The largest absolute Gasteiger partial charge is 0.393 e. The zero-order chi connectivity index (χ0) is 14.1. The molecule has 1 atom stereocenters. The summed E-state index contributed by atoms with van der Waals surface area (Å²) in [6, 6.07) is 2.94. The van der Waals surface area contributed by atoms with Crippen molar-refractivity contribution >= 4 is 5.78 Å². The maximum absolute atomic E-state index is 13.9. The molecule has 0 aliphatic heterocycles. The van der Waals surface area contributed by atoms with E-state index in [1.54, 1.807) is 0 Å². The molecular weight excluding hydrogens is 249 g/mol. The van der Waals surface area contributed by atoms with Gasteiger partial charge in [0.25, 0.3) is 0 Å². The fourth-order valence-corrected chi connectivity index (χ4v) is 1.44. The van der Waals surface area contributed by atoms with Crippen LogP contribution in [0.5, 0.6) is 0 Å². The van der Waals surface area contributed by atoms with Gasteiger partial charge in [-0.2, -0.15) is 8.78 Å². The van der Waals surface area contributed by atoms with E-state index in [1.165, 1.54) is 0 Å². The van der Waals surface area contributed by atoms with Crippen LogP contribution < -0.4 is 0 Å². The number of hydrogen-bond acceptors (Lipinski definition) is 3. The van der Waals surface area contributed by atoms with Crippen LogP contribution in [0.25, 0.3) is 0 Å². The first-order valence-electron chi connectivity index (χ1n) is 5.16. The van der Waals surface area contributed by atoms with Gasteiger partial charge in [-0.05, 0) is 26.0 Å². The molecular formula is C12H13F3O3. The Morgan fingerprint density at radius 1 is 1.39 bits per heavy atom. The number of benzene rings is 1. The van der Waals surface area contributed by atoms with Gasteiger partial charge in [0.1, 0.15) is 5.82 Å². The highest BCUT2D eigenvalue weighted by atomic mass is 19.3. The quantitative estimate of drug-likeness (QED) is 0.814. The molecule has 0 amide bonds. The van der Waals surface area contributed by atoms with Crippen molar-refractivity contribution < 1.29 is 28.2 Å². The number of carbonyl (C=O) groups is 1. The highest BCUT2D eigenvalue weighted by Crippen LogP contribution is 2.40. The predicted molar refractivity (Wildman–Crippen MR) is 58.0 cm³/mol. The maximum atomic E-state index is 13.9. The van der Waals surface area contributed by atoms with E-state index in [4.69, 9.17) is 5.11 Å². The summed E-state index contributed by atoms with van der Waals surface area (Å²) in [5.74, 6) is -6.10.